The van der Waals surface area contributed by atoms with Crippen LogP contribution in [0.2, 0.25) is 0 Å². The van der Waals surface area contributed by atoms with Crippen LogP contribution in [0.1, 0.15) is 58.7 Å². The van der Waals surface area contributed by atoms with Crippen LogP contribution in [0.15, 0.2) is 6.20 Å². The van der Waals surface area contributed by atoms with Gasteiger partial charge in [-0.25, -0.2) is 0 Å². The third-order valence-electron chi connectivity index (χ3n) is 4.21. The highest BCUT2D eigenvalue weighted by Crippen LogP contribution is 2.30. The minimum Gasteiger partial charge on any atom is -0.459 e. The van der Waals surface area contributed by atoms with E-state index in [9.17, 15) is 9.59 Å². The van der Waals surface area contributed by atoms with Crippen LogP contribution in [0, 0.1) is 12.3 Å². The van der Waals surface area contributed by atoms with Crippen LogP contribution in [0.3, 0.4) is 0 Å². The number of hydrogen-bond donors (Lipinski definition) is 1. The van der Waals surface area contributed by atoms with Crippen molar-refractivity contribution in [3.05, 3.63) is 17.5 Å². The Hall–Kier alpha value is -1.85. The molecule has 0 fully saturated rings. The van der Waals surface area contributed by atoms with Crippen molar-refractivity contribution in [1.29, 1.82) is 0 Å². The highest BCUT2D eigenvalue weighted by atomic mass is 16.6. The van der Waals surface area contributed by atoms with E-state index in [2.05, 4.69) is 10.4 Å². The van der Waals surface area contributed by atoms with E-state index in [-0.39, 0.29) is 5.91 Å². The summed E-state index contributed by atoms with van der Waals surface area (Å²) in [6.07, 6.45) is 2.52. The quantitative estimate of drug-likeness (QED) is 0.645. The lowest BCUT2D eigenvalue weighted by atomic mass is 9.81. The molecule has 0 saturated carbocycles. The van der Waals surface area contributed by atoms with Crippen molar-refractivity contribution in [2.24, 2.45) is 12.5 Å². The van der Waals surface area contributed by atoms with Crippen molar-refractivity contribution in [3.63, 3.8) is 0 Å². The smallest absolute Gasteiger partial charge is 0.322 e. The van der Waals surface area contributed by atoms with Gasteiger partial charge in [0.2, 0.25) is 5.91 Å². The lowest BCUT2D eigenvalue weighted by molar-refractivity contribution is -0.171. The number of carbonyl (C=O) groups is 2. The number of esters is 1. The molecule has 0 spiro atoms. The van der Waals surface area contributed by atoms with Gasteiger partial charge in [-0.05, 0) is 40.5 Å². The molecular weight excluding hydrogens is 294 g/mol. The summed E-state index contributed by atoms with van der Waals surface area (Å²) in [4.78, 5) is 25.3. The first-order valence-electron chi connectivity index (χ1n) is 8.06. The van der Waals surface area contributed by atoms with Crippen LogP contribution < -0.4 is 5.32 Å². The van der Waals surface area contributed by atoms with E-state index in [0.29, 0.717) is 19.4 Å². The molecule has 0 aliphatic rings. The molecule has 0 aromatic carbocycles. The molecule has 0 atom stereocenters. The van der Waals surface area contributed by atoms with E-state index in [1.165, 1.54) is 0 Å². The Bertz CT molecular complexity index is 566. The molecule has 0 saturated heterocycles. The molecule has 1 amide bonds. The zero-order chi connectivity index (χ0) is 17.8. The van der Waals surface area contributed by atoms with Gasteiger partial charge in [-0.2, -0.15) is 5.10 Å². The molecular formula is C17H29N3O3. The van der Waals surface area contributed by atoms with Crippen molar-refractivity contribution >= 4 is 11.9 Å². The van der Waals surface area contributed by atoms with E-state index in [1.807, 2.05) is 27.8 Å². The Morgan fingerprint density at radius 1 is 1.26 bits per heavy atom. The molecule has 0 unspecified atom stereocenters. The lowest BCUT2D eigenvalue weighted by Crippen LogP contribution is -2.48. The number of carbonyl (C=O) groups excluding carboxylic acids is 2. The summed E-state index contributed by atoms with van der Waals surface area (Å²) in [5, 5.41) is 7.02. The van der Waals surface area contributed by atoms with E-state index < -0.39 is 17.0 Å². The number of aryl methyl sites for hydroxylation is 1. The third-order valence-corrected chi connectivity index (χ3v) is 4.21. The molecule has 1 N–H and O–H groups in total. The lowest BCUT2D eigenvalue weighted by Gasteiger charge is -2.31. The second kappa shape index (κ2) is 7.15. The number of rotatable bonds is 6. The van der Waals surface area contributed by atoms with Gasteiger partial charge >= 0.3 is 5.97 Å². The molecule has 23 heavy (non-hydrogen) atoms. The maximum absolute atomic E-state index is 12.7. The summed E-state index contributed by atoms with van der Waals surface area (Å²) >= 11 is 0. The fraction of sp³-hybridized carbons (Fsp3) is 0.706. The molecule has 130 valence electrons. The van der Waals surface area contributed by atoms with Crippen LogP contribution in [0.4, 0.5) is 0 Å². The van der Waals surface area contributed by atoms with Crippen LogP contribution in [-0.2, 0) is 27.9 Å². The van der Waals surface area contributed by atoms with E-state index in [1.54, 1.807) is 31.6 Å². The monoisotopic (exact) mass is 323 g/mol. The van der Waals surface area contributed by atoms with Gasteiger partial charge in [0.1, 0.15) is 11.0 Å². The van der Waals surface area contributed by atoms with Crippen molar-refractivity contribution < 1.29 is 14.3 Å². The van der Waals surface area contributed by atoms with Crippen LogP contribution in [0.25, 0.3) is 0 Å². The van der Waals surface area contributed by atoms with Crippen LogP contribution in [0.5, 0.6) is 0 Å². The van der Waals surface area contributed by atoms with Gasteiger partial charge < -0.3 is 10.1 Å². The predicted octanol–water partition coefficient (Wildman–Crippen LogP) is 2.49. The molecule has 1 rings (SSSR count). The van der Waals surface area contributed by atoms with Crippen molar-refractivity contribution in [2.75, 3.05) is 0 Å². The SMILES string of the molecule is CCC(CC)(C(=O)NCc1cnn(C)c1C)C(=O)OC(C)(C)C. The maximum atomic E-state index is 12.7. The topological polar surface area (TPSA) is 73.2 Å². The molecule has 6 heteroatoms. The Balaban J connectivity index is 2.89. The van der Waals surface area contributed by atoms with E-state index in [0.717, 1.165) is 11.3 Å². The van der Waals surface area contributed by atoms with Crippen molar-refractivity contribution in [1.82, 2.24) is 15.1 Å². The standard InChI is InChI=1S/C17H29N3O3/c1-8-17(9-2,15(22)23-16(4,5)6)14(21)18-10-13-11-19-20(7)12(13)3/h11H,8-10H2,1-7H3,(H,18,21). The van der Waals surface area contributed by atoms with E-state index >= 15 is 0 Å². The summed E-state index contributed by atoms with van der Waals surface area (Å²) in [6.45, 7) is 11.4. The Morgan fingerprint density at radius 3 is 2.22 bits per heavy atom. The summed E-state index contributed by atoms with van der Waals surface area (Å²) in [7, 11) is 1.85. The van der Waals surface area contributed by atoms with Gasteiger partial charge in [-0.1, -0.05) is 13.8 Å². The Morgan fingerprint density at radius 2 is 1.83 bits per heavy atom. The van der Waals surface area contributed by atoms with Gasteiger partial charge in [0.05, 0.1) is 6.20 Å². The molecule has 1 aromatic rings. The van der Waals surface area contributed by atoms with Crippen LogP contribution >= 0.6 is 0 Å². The number of ether oxygens (including phenoxy) is 1. The highest BCUT2D eigenvalue weighted by molar-refractivity contribution is 6.02. The fourth-order valence-corrected chi connectivity index (χ4v) is 2.39. The fourth-order valence-electron chi connectivity index (χ4n) is 2.39. The molecule has 0 aliphatic carbocycles. The van der Waals surface area contributed by atoms with Gasteiger partial charge in [0.25, 0.3) is 0 Å². The second-order valence-corrected chi connectivity index (χ2v) is 6.85. The Kier molecular flexibility index (Phi) is 5.97. The van der Waals surface area contributed by atoms with Crippen molar-refractivity contribution in [2.45, 2.75) is 66.5 Å². The summed E-state index contributed by atoms with van der Waals surface area (Å²) in [5.74, 6) is -0.754. The first-order chi connectivity index (χ1) is 10.6. The third kappa shape index (κ3) is 4.33. The van der Waals surface area contributed by atoms with Gasteiger partial charge in [-0.15, -0.1) is 0 Å². The first kappa shape index (κ1) is 19.2. The minimum absolute atomic E-state index is 0.292. The molecule has 0 radical (unpaired) electrons. The maximum Gasteiger partial charge on any atom is 0.322 e. The van der Waals surface area contributed by atoms with E-state index in [4.69, 9.17) is 4.74 Å². The normalized spacial score (nSPS) is 12.1. The van der Waals surface area contributed by atoms with Crippen molar-refractivity contribution in [3.8, 4) is 0 Å². The Labute approximate surface area is 138 Å². The molecule has 1 heterocycles. The minimum atomic E-state index is -1.15. The number of aromatic nitrogens is 2. The molecule has 6 nitrogen and oxygen atoms in total. The molecule has 0 aliphatic heterocycles. The summed E-state index contributed by atoms with van der Waals surface area (Å²) < 4.78 is 7.22. The predicted molar refractivity (Wildman–Crippen MR) is 88.7 cm³/mol. The van der Waals surface area contributed by atoms with Gasteiger partial charge in [-0.3, -0.25) is 14.3 Å². The number of hydrogen-bond acceptors (Lipinski definition) is 4. The highest BCUT2D eigenvalue weighted by Gasteiger charge is 2.45. The largest absolute Gasteiger partial charge is 0.459 e. The zero-order valence-corrected chi connectivity index (χ0v) is 15.3. The summed E-state index contributed by atoms with van der Waals surface area (Å²) in [6, 6.07) is 0. The zero-order valence-electron chi connectivity index (χ0n) is 15.3. The first-order valence-corrected chi connectivity index (χ1v) is 8.06. The van der Waals surface area contributed by atoms with Gasteiger partial charge in [0, 0.05) is 24.8 Å². The van der Waals surface area contributed by atoms with Gasteiger partial charge in [0.15, 0.2) is 0 Å². The number of amides is 1. The number of nitrogens with one attached hydrogen (secondary N) is 1. The number of nitrogens with zero attached hydrogens (tertiary/aromatic N) is 2. The average Bonchev–Trinajstić information content (AvgIpc) is 2.76. The molecule has 0 bridgehead atoms. The second-order valence-electron chi connectivity index (χ2n) is 6.85. The molecule has 1 aromatic heterocycles. The van der Waals surface area contributed by atoms with Crippen LogP contribution in [-0.4, -0.2) is 27.3 Å². The summed E-state index contributed by atoms with van der Waals surface area (Å²) in [5.41, 5.74) is 0.156. The average molecular weight is 323 g/mol.